The predicted molar refractivity (Wildman–Crippen MR) is 60.5 cm³/mol. The second kappa shape index (κ2) is 3.65. The Morgan fingerprint density at radius 3 is 2.29 bits per heavy atom. The molecule has 0 aliphatic carbocycles. The van der Waals surface area contributed by atoms with E-state index in [1.807, 2.05) is 27.7 Å². The van der Waals surface area contributed by atoms with E-state index in [0.29, 0.717) is 6.61 Å². The highest BCUT2D eigenvalue weighted by Crippen LogP contribution is 2.36. The molecule has 3 saturated heterocycles. The minimum absolute atomic E-state index is 0.0394. The highest BCUT2D eigenvalue weighted by molar-refractivity contribution is 5.02. The van der Waals surface area contributed by atoms with Gasteiger partial charge in [0.1, 0.15) is 18.3 Å². The Labute approximate surface area is 102 Å². The van der Waals surface area contributed by atoms with E-state index in [4.69, 9.17) is 18.9 Å². The first-order chi connectivity index (χ1) is 7.86. The first kappa shape index (κ1) is 11.9. The number of hydrogen-bond acceptors (Lipinski definition) is 5. The summed E-state index contributed by atoms with van der Waals surface area (Å²) in [5.74, 6) is -0.968. The molecule has 0 saturated carbocycles. The molecule has 3 fully saturated rings. The van der Waals surface area contributed by atoms with Crippen LogP contribution in [-0.2, 0) is 18.9 Å². The zero-order valence-corrected chi connectivity index (χ0v) is 10.9. The molecule has 98 valence electrons. The van der Waals surface area contributed by atoms with Crippen molar-refractivity contribution in [1.29, 1.82) is 0 Å². The number of hydrogen-bond donors (Lipinski definition) is 1. The fraction of sp³-hybridized carbons (Fsp3) is 1.00. The average molecular weight is 243 g/mol. The molecule has 0 unspecified atom stereocenters. The Bertz CT molecular complexity index is 318. The number of ether oxygens (including phenoxy) is 4. The fourth-order valence-electron chi connectivity index (χ4n) is 2.93. The van der Waals surface area contributed by atoms with Crippen molar-refractivity contribution in [1.82, 2.24) is 5.32 Å². The SMILES string of the molecule is CC1(C)OC[C@@H]([C@@H]2NC[C@H]3OC(C)(C)O[C@@H]23)O1. The lowest BCUT2D eigenvalue weighted by Gasteiger charge is -2.26. The van der Waals surface area contributed by atoms with Crippen molar-refractivity contribution in [3.05, 3.63) is 0 Å². The van der Waals surface area contributed by atoms with E-state index in [-0.39, 0.29) is 24.4 Å². The summed E-state index contributed by atoms with van der Waals surface area (Å²) in [4.78, 5) is 0. The molecule has 0 radical (unpaired) electrons. The second-order valence-corrected chi connectivity index (χ2v) is 5.94. The van der Waals surface area contributed by atoms with Gasteiger partial charge in [-0.15, -0.1) is 0 Å². The first-order valence-corrected chi connectivity index (χ1v) is 6.27. The summed E-state index contributed by atoms with van der Waals surface area (Å²) < 4.78 is 23.3. The Morgan fingerprint density at radius 2 is 1.65 bits per heavy atom. The van der Waals surface area contributed by atoms with Crippen LogP contribution in [0.3, 0.4) is 0 Å². The summed E-state index contributed by atoms with van der Waals surface area (Å²) in [5.41, 5.74) is 0. The third-order valence-corrected chi connectivity index (χ3v) is 3.56. The van der Waals surface area contributed by atoms with Gasteiger partial charge in [-0.05, 0) is 27.7 Å². The summed E-state index contributed by atoms with van der Waals surface area (Å²) in [6, 6.07) is 0.156. The number of fused-ring (bicyclic) bond motifs is 1. The van der Waals surface area contributed by atoms with Gasteiger partial charge in [0.25, 0.3) is 0 Å². The molecule has 3 aliphatic heterocycles. The van der Waals surface area contributed by atoms with Gasteiger partial charge in [0.2, 0.25) is 0 Å². The minimum atomic E-state index is -0.487. The molecule has 0 bridgehead atoms. The van der Waals surface area contributed by atoms with E-state index in [0.717, 1.165) is 6.54 Å². The molecule has 17 heavy (non-hydrogen) atoms. The average Bonchev–Trinajstić information content (AvgIpc) is 2.77. The van der Waals surface area contributed by atoms with Crippen LogP contribution in [0.25, 0.3) is 0 Å². The van der Waals surface area contributed by atoms with E-state index in [9.17, 15) is 0 Å². The molecule has 0 aromatic heterocycles. The normalized spacial score (nSPS) is 47.3. The van der Waals surface area contributed by atoms with Crippen molar-refractivity contribution < 1.29 is 18.9 Å². The van der Waals surface area contributed by atoms with Gasteiger partial charge < -0.3 is 24.3 Å². The Kier molecular flexibility index (Phi) is 2.55. The molecule has 0 amide bonds. The molecule has 0 aromatic carbocycles. The standard InChI is InChI=1S/C12H21NO4/c1-11(2)14-6-8(16-11)9-10-7(5-13-9)15-12(3,4)17-10/h7-10,13H,5-6H2,1-4H3/t7-,8+,9+,10-/m1/s1. The summed E-state index contributed by atoms with van der Waals surface area (Å²) in [6.07, 6.45) is 0.229. The van der Waals surface area contributed by atoms with Crippen LogP contribution >= 0.6 is 0 Å². The zero-order valence-electron chi connectivity index (χ0n) is 10.9. The van der Waals surface area contributed by atoms with Gasteiger partial charge in [-0.2, -0.15) is 0 Å². The maximum absolute atomic E-state index is 5.95. The molecule has 0 aromatic rings. The van der Waals surface area contributed by atoms with Crippen molar-refractivity contribution in [3.8, 4) is 0 Å². The van der Waals surface area contributed by atoms with E-state index in [1.165, 1.54) is 0 Å². The molecule has 0 spiro atoms. The molecular weight excluding hydrogens is 222 g/mol. The Balaban J connectivity index is 1.70. The minimum Gasteiger partial charge on any atom is -0.348 e. The molecule has 5 nitrogen and oxygen atoms in total. The van der Waals surface area contributed by atoms with Crippen LogP contribution in [0.1, 0.15) is 27.7 Å². The molecule has 3 aliphatic rings. The Hall–Kier alpha value is -0.200. The van der Waals surface area contributed by atoms with E-state index in [2.05, 4.69) is 5.32 Å². The smallest absolute Gasteiger partial charge is 0.163 e. The van der Waals surface area contributed by atoms with Crippen LogP contribution in [-0.4, -0.2) is 49.1 Å². The first-order valence-electron chi connectivity index (χ1n) is 6.27. The van der Waals surface area contributed by atoms with Gasteiger partial charge in [-0.1, -0.05) is 0 Å². The van der Waals surface area contributed by atoms with Crippen LogP contribution in [0.2, 0.25) is 0 Å². The lowest BCUT2D eigenvalue weighted by atomic mass is 10.1. The third kappa shape index (κ3) is 2.11. The maximum Gasteiger partial charge on any atom is 0.163 e. The van der Waals surface area contributed by atoms with E-state index < -0.39 is 11.6 Å². The third-order valence-electron chi connectivity index (χ3n) is 3.56. The van der Waals surface area contributed by atoms with E-state index in [1.54, 1.807) is 0 Å². The summed E-state index contributed by atoms with van der Waals surface area (Å²) >= 11 is 0. The van der Waals surface area contributed by atoms with Crippen molar-refractivity contribution in [2.24, 2.45) is 0 Å². The molecule has 4 atom stereocenters. The predicted octanol–water partition coefficient (Wildman–Crippen LogP) is 0.630. The molecule has 3 heterocycles. The molecule has 3 rings (SSSR count). The van der Waals surface area contributed by atoms with Gasteiger partial charge in [0, 0.05) is 6.54 Å². The maximum atomic E-state index is 5.95. The van der Waals surface area contributed by atoms with Gasteiger partial charge >= 0.3 is 0 Å². The lowest BCUT2D eigenvalue weighted by molar-refractivity contribution is -0.165. The molecule has 5 heteroatoms. The van der Waals surface area contributed by atoms with Crippen LogP contribution in [0, 0.1) is 0 Å². The van der Waals surface area contributed by atoms with E-state index >= 15 is 0 Å². The number of nitrogens with one attached hydrogen (secondary N) is 1. The van der Waals surface area contributed by atoms with Crippen LogP contribution in [0.4, 0.5) is 0 Å². The fourth-order valence-corrected chi connectivity index (χ4v) is 2.93. The van der Waals surface area contributed by atoms with Gasteiger partial charge in [-0.25, -0.2) is 0 Å². The molecular formula is C12H21NO4. The van der Waals surface area contributed by atoms with Gasteiger partial charge in [0.15, 0.2) is 11.6 Å². The topological polar surface area (TPSA) is 49.0 Å². The number of rotatable bonds is 1. The quantitative estimate of drug-likeness (QED) is 0.732. The highest BCUT2D eigenvalue weighted by atomic mass is 16.8. The summed E-state index contributed by atoms with van der Waals surface area (Å²) in [5, 5.41) is 3.42. The van der Waals surface area contributed by atoms with Crippen molar-refractivity contribution >= 4 is 0 Å². The highest BCUT2D eigenvalue weighted by Gasteiger charge is 2.53. The van der Waals surface area contributed by atoms with Crippen molar-refractivity contribution in [2.75, 3.05) is 13.2 Å². The van der Waals surface area contributed by atoms with Crippen molar-refractivity contribution in [2.45, 2.75) is 63.6 Å². The summed E-state index contributed by atoms with van der Waals surface area (Å²) in [7, 11) is 0. The van der Waals surface area contributed by atoms with Crippen LogP contribution < -0.4 is 5.32 Å². The van der Waals surface area contributed by atoms with Gasteiger partial charge in [-0.3, -0.25) is 0 Å². The molecule has 1 N–H and O–H groups in total. The van der Waals surface area contributed by atoms with Gasteiger partial charge in [0.05, 0.1) is 12.6 Å². The zero-order chi connectivity index (χ0) is 12.3. The van der Waals surface area contributed by atoms with Crippen LogP contribution in [0.5, 0.6) is 0 Å². The lowest BCUT2D eigenvalue weighted by Crippen LogP contribution is -2.46. The monoisotopic (exact) mass is 243 g/mol. The largest absolute Gasteiger partial charge is 0.348 e. The Morgan fingerprint density at radius 1 is 0.941 bits per heavy atom. The second-order valence-electron chi connectivity index (χ2n) is 5.94. The van der Waals surface area contributed by atoms with Crippen LogP contribution in [0.15, 0.2) is 0 Å². The summed E-state index contributed by atoms with van der Waals surface area (Å²) in [6.45, 7) is 9.22. The van der Waals surface area contributed by atoms with Crippen molar-refractivity contribution in [3.63, 3.8) is 0 Å².